The molecule has 0 N–H and O–H groups in total. The lowest BCUT2D eigenvalue weighted by Crippen LogP contribution is -2.55. The van der Waals surface area contributed by atoms with Gasteiger partial charge in [-0.05, 0) is 42.1 Å². The normalized spacial score (nSPS) is 15.5. The van der Waals surface area contributed by atoms with Crippen LogP contribution in [-0.4, -0.2) is 19.0 Å². The van der Waals surface area contributed by atoms with Crippen LogP contribution < -0.4 is 9.80 Å². The second kappa shape index (κ2) is 5.21. The van der Waals surface area contributed by atoms with Crippen LogP contribution in [0.4, 0.5) is 17.1 Å². The van der Waals surface area contributed by atoms with Gasteiger partial charge in [-0.25, -0.2) is 0 Å². The molecular weight excluding hydrogens is 314 g/mol. The van der Waals surface area contributed by atoms with E-state index in [1.807, 2.05) is 12.1 Å². The van der Waals surface area contributed by atoms with Gasteiger partial charge in [-0.2, -0.15) is 0 Å². The van der Waals surface area contributed by atoms with Gasteiger partial charge in [0.2, 0.25) is 0 Å². The number of non-ortho nitro benzene ring substituents is 1. The third-order valence-electron chi connectivity index (χ3n) is 5.51. The number of nitro benzene ring substituents is 1. The largest absolute Gasteiger partial charge is 0.348 e. The van der Waals surface area contributed by atoms with Gasteiger partial charge in [-0.1, -0.05) is 24.3 Å². The zero-order chi connectivity index (χ0) is 17.8. The van der Waals surface area contributed by atoms with Crippen molar-refractivity contribution in [3.05, 3.63) is 76.3 Å². The van der Waals surface area contributed by atoms with E-state index in [4.69, 9.17) is 0 Å². The number of benzene rings is 3. The van der Waals surface area contributed by atoms with Crippen molar-refractivity contribution in [1.29, 1.82) is 0 Å². The molecule has 0 aliphatic carbocycles. The van der Waals surface area contributed by atoms with Crippen LogP contribution in [0.3, 0.4) is 0 Å². The summed E-state index contributed by atoms with van der Waals surface area (Å²) in [4.78, 5) is 15.1. The summed E-state index contributed by atoms with van der Waals surface area (Å²) < 4.78 is 0. The molecule has 5 heteroatoms. The SMILES string of the molecule is CN1c2cccc3cccc(c23)N(C)C1(C)c1ccc([N+](=O)[O-])cc1. The Morgan fingerprint density at radius 1 is 0.880 bits per heavy atom. The molecule has 0 atom stereocenters. The van der Waals surface area contributed by atoms with E-state index < -0.39 is 5.66 Å². The van der Waals surface area contributed by atoms with Crippen LogP contribution in [-0.2, 0) is 5.66 Å². The Morgan fingerprint density at radius 2 is 1.40 bits per heavy atom. The van der Waals surface area contributed by atoms with Crippen molar-refractivity contribution in [2.45, 2.75) is 12.6 Å². The summed E-state index contributed by atoms with van der Waals surface area (Å²) >= 11 is 0. The number of nitrogens with zero attached hydrogens (tertiary/aromatic N) is 3. The minimum atomic E-state index is -0.447. The molecule has 0 unspecified atom stereocenters. The second-order valence-electron chi connectivity index (χ2n) is 6.60. The Morgan fingerprint density at radius 3 is 1.88 bits per heavy atom. The van der Waals surface area contributed by atoms with Gasteiger partial charge in [-0.3, -0.25) is 10.1 Å². The third kappa shape index (κ3) is 2.02. The number of rotatable bonds is 2. The summed E-state index contributed by atoms with van der Waals surface area (Å²) in [5, 5.41) is 13.4. The Bertz CT molecular complexity index is 937. The Balaban J connectivity index is 1.93. The average Bonchev–Trinajstić information content (AvgIpc) is 2.64. The van der Waals surface area contributed by atoms with Crippen molar-refractivity contribution >= 4 is 27.8 Å². The van der Waals surface area contributed by atoms with E-state index in [0.717, 1.165) is 16.9 Å². The molecule has 3 aromatic carbocycles. The number of anilines is 2. The van der Waals surface area contributed by atoms with Gasteiger partial charge in [0, 0.05) is 43.0 Å². The van der Waals surface area contributed by atoms with Crippen LogP contribution in [0.1, 0.15) is 12.5 Å². The van der Waals surface area contributed by atoms with E-state index >= 15 is 0 Å². The maximum atomic E-state index is 11.0. The maximum Gasteiger partial charge on any atom is 0.269 e. The van der Waals surface area contributed by atoms with Gasteiger partial charge in [0.25, 0.3) is 5.69 Å². The van der Waals surface area contributed by atoms with Crippen LogP contribution >= 0.6 is 0 Å². The first kappa shape index (κ1) is 15.4. The molecule has 25 heavy (non-hydrogen) atoms. The molecule has 0 amide bonds. The summed E-state index contributed by atoms with van der Waals surface area (Å²) in [5.74, 6) is 0. The molecule has 1 aliphatic rings. The second-order valence-corrected chi connectivity index (χ2v) is 6.60. The number of hydrogen-bond donors (Lipinski definition) is 0. The van der Waals surface area contributed by atoms with Gasteiger partial charge in [0.05, 0.1) is 4.92 Å². The summed E-state index contributed by atoms with van der Waals surface area (Å²) in [7, 11) is 4.14. The van der Waals surface area contributed by atoms with Crippen LogP contribution in [0, 0.1) is 10.1 Å². The molecular formula is C20H19N3O2. The van der Waals surface area contributed by atoms with Gasteiger partial charge in [-0.15, -0.1) is 0 Å². The quantitative estimate of drug-likeness (QED) is 0.511. The van der Waals surface area contributed by atoms with Gasteiger partial charge < -0.3 is 9.80 Å². The maximum absolute atomic E-state index is 11.0. The third-order valence-corrected chi connectivity index (χ3v) is 5.51. The highest BCUT2D eigenvalue weighted by molar-refractivity contribution is 6.06. The van der Waals surface area contributed by atoms with Crippen LogP contribution in [0.2, 0.25) is 0 Å². The molecule has 126 valence electrons. The van der Waals surface area contributed by atoms with Crippen molar-refractivity contribution in [2.75, 3.05) is 23.9 Å². The Hall–Kier alpha value is -3.08. The summed E-state index contributed by atoms with van der Waals surface area (Å²) in [6.45, 7) is 2.14. The molecule has 3 aromatic rings. The lowest BCUT2D eigenvalue weighted by molar-refractivity contribution is -0.384. The summed E-state index contributed by atoms with van der Waals surface area (Å²) in [5.41, 5.74) is 2.99. The first-order valence-corrected chi connectivity index (χ1v) is 8.19. The predicted molar refractivity (Wildman–Crippen MR) is 101 cm³/mol. The van der Waals surface area contributed by atoms with Crippen LogP contribution in [0.5, 0.6) is 0 Å². The highest BCUT2D eigenvalue weighted by Gasteiger charge is 2.41. The van der Waals surface area contributed by atoms with Crippen molar-refractivity contribution in [3.63, 3.8) is 0 Å². The molecule has 0 bridgehead atoms. The van der Waals surface area contributed by atoms with Crippen molar-refractivity contribution in [2.24, 2.45) is 0 Å². The molecule has 0 spiro atoms. The molecule has 0 aromatic heterocycles. The van der Waals surface area contributed by atoms with E-state index in [0.29, 0.717) is 0 Å². The van der Waals surface area contributed by atoms with E-state index in [2.05, 4.69) is 67.2 Å². The van der Waals surface area contributed by atoms with Crippen molar-refractivity contribution in [1.82, 2.24) is 0 Å². The van der Waals surface area contributed by atoms with Crippen molar-refractivity contribution in [3.8, 4) is 0 Å². The van der Waals surface area contributed by atoms with E-state index in [-0.39, 0.29) is 10.6 Å². The smallest absolute Gasteiger partial charge is 0.269 e. The molecule has 0 saturated carbocycles. The first-order valence-electron chi connectivity index (χ1n) is 8.19. The molecule has 0 radical (unpaired) electrons. The number of hydrogen-bond acceptors (Lipinski definition) is 4. The molecule has 1 heterocycles. The highest BCUT2D eigenvalue weighted by atomic mass is 16.6. The lowest BCUT2D eigenvalue weighted by Gasteiger charge is -2.52. The Labute approximate surface area is 146 Å². The summed E-state index contributed by atoms with van der Waals surface area (Å²) in [6, 6.07) is 19.5. The zero-order valence-electron chi connectivity index (χ0n) is 14.4. The van der Waals surface area contributed by atoms with E-state index in [9.17, 15) is 10.1 Å². The Kier molecular flexibility index (Phi) is 3.22. The van der Waals surface area contributed by atoms with Crippen LogP contribution in [0.15, 0.2) is 60.7 Å². The zero-order valence-corrected chi connectivity index (χ0v) is 14.4. The predicted octanol–water partition coefficient (Wildman–Crippen LogP) is 4.51. The van der Waals surface area contributed by atoms with Gasteiger partial charge in [0.15, 0.2) is 0 Å². The molecule has 1 aliphatic heterocycles. The molecule has 0 saturated heterocycles. The fourth-order valence-corrected chi connectivity index (χ4v) is 3.84. The van der Waals surface area contributed by atoms with Gasteiger partial charge in [0.1, 0.15) is 5.66 Å². The summed E-state index contributed by atoms with van der Waals surface area (Å²) in [6.07, 6.45) is 0. The first-order chi connectivity index (χ1) is 11.9. The fourth-order valence-electron chi connectivity index (χ4n) is 3.84. The molecule has 4 rings (SSSR count). The van der Waals surface area contributed by atoms with E-state index in [1.54, 1.807) is 12.1 Å². The number of nitro groups is 1. The average molecular weight is 333 g/mol. The topological polar surface area (TPSA) is 49.6 Å². The van der Waals surface area contributed by atoms with Gasteiger partial charge >= 0.3 is 0 Å². The minimum Gasteiger partial charge on any atom is -0.348 e. The molecule has 5 nitrogen and oxygen atoms in total. The minimum absolute atomic E-state index is 0.107. The molecule has 0 fully saturated rings. The lowest BCUT2D eigenvalue weighted by atomic mass is 9.91. The highest BCUT2D eigenvalue weighted by Crippen LogP contribution is 2.48. The van der Waals surface area contributed by atoms with Crippen molar-refractivity contribution < 1.29 is 4.92 Å². The monoisotopic (exact) mass is 333 g/mol. The van der Waals surface area contributed by atoms with E-state index in [1.165, 1.54) is 10.8 Å². The standard InChI is InChI=1S/C20H19N3O2/c1-20(15-10-12-16(13-11-15)23(24)25)21(2)17-8-4-6-14-7-5-9-18(19(14)17)22(20)3/h4-13H,1-3H3. The van der Waals surface area contributed by atoms with Crippen LogP contribution in [0.25, 0.3) is 10.8 Å². The fraction of sp³-hybridized carbons (Fsp3) is 0.200.